The molecule has 4 nitrogen and oxygen atoms in total. The lowest BCUT2D eigenvalue weighted by molar-refractivity contribution is 0.244. The third-order valence-electron chi connectivity index (χ3n) is 3.34. The van der Waals surface area contributed by atoms with Gasteiger partial charge in [-0.1, -0.05) is 18.5 Å². The summed E-state index contributed by atoms with van der Waals surface area (Å²) in [4.78, 5) is 10.4. The minimum absolute atomic E-state index is 0.143. The maximum Gasteiger partial charge on any atom is 0.137 e. The smallest absolute Gasteiger partial charge is 0.137 e. The molecule has 1 aliphatic heterocycles. The zero-order chi connectivity index (χ0) is 11.7. The van der Waals surface area contributed by atoms with Crippen LogP contribution in [0.15, 0.2) is 6.33 Å². The van der Waals surface area contributed by atoms with Crippen molar-refractivity contribution in [3.05, 3.63) is 17.0 Å². The van der Waals surface area contributed by atoms with Gasteiger partial charge in [-0.25, -0.2) is 9.97 Å². The van der Waals surface area contributed by atoms with Crippen molar-refractivity contribution in [2.24, 2.45) is 5.92 Å². The van der Waals surface area contributed by atoms with E-state index >= 15 is 0 Å². The number of aliphatic hydroxyl groups excluding tert-OH is 1. The standard InChI is InChI=1S/C11H16ClN3O/c1-7-3-4-15(9(7)5-16)11-8(2)10(12)13-6-14-11/h6-7,9,16H,3-5H2,1-2H3. The Kier molecular flexibility index (Phi) is 3.30. The van der Waals surface area contributed by atoms with Crippen molar-refractivity contribution < 1.29 is 5.11 Å². The fourth-order valence-corrected chi connectivity index (χ4v) is 2.39. The van der Waals surface area contributed by atoms with Gasteiger partial charge in [0.25, 0.3) is 0 Å². The molecule has 2 atom stereocenters. The average Bonchev–Trinajstić information content (AvgIpc) is 2.63. The van der Waals surface area contributed by atoms with Crippen LogP contribution in [-0.2, 0) is 0 Å². The molecule has 2 unspecified atom stereocenters. The van der Waals surface area contributed by atoms with Crippen LogP contribution in [0, 0.1) is 12.8 Å². The molecule has 5 heteroatoms. The van der Waals surface area contributed by atoms with Crippen molar-refractivity contribution in [1.29, 1.82) is 0 Å². The summed E-state index contributed by atoms with van der Waals surface area (Å²) in [5, 5.41) is 9.90. The Labute approximate surface area is 100 Å². The third-order valence-corrected chi connectivity index (χ3v) is 3.72. The van der Waals surface area contributed by atoms with E-state index in [9.17, 15) is 5.11 Å². The van der Waals surface area contributed by atoms with Gasteiger partial charge in [-0.05, 0) is 19.3 Å². The Morgan fingerprint density at radius 2 is 2.31 bits per heavy atom. The lowest BCUT2D eigenvalue weighted by atomic mass is 10.0. The Hall–Kier alpha value is -0.870. The Bertz CT molecular complexity index is 385. The van der Waals surface area contributed by atoms with Crippen LogP contribution in [-0.4, -0.2) is 34.3 Å². The van der Waals surface area contributed by atoms with E-state index in [0.29, 0.717) is 11.1 Å². The molecule has 2 heterocycles. The molecular formula is C11H16ClN3O. The first-order chi connectivity index (χ1) is 7.65. The van der Waals surface area contributed by atoms with Crippen LogP contribution in [0.2, 0.25) is 5.15 Å². The number of aliphatic hydroxyl groups is 1. The summed E-state index contributed by atoms with van der Waals surface area (Å²) in [6.07, 6.45) is 2.55. The van der Waals surface area contributed by atoms with E-state index in [1.807, 2.05) is 6.92 Å². The van der Waals surface area contributed by atoms with Gasteiger partial charge in [-0.3, -0.25) is 0 Å². The number of rotatable bonds is 2. The highest BCUT2D eigenvalue weighted by atomic mass is 35.5. The molecule has 1 aliphatic rings. The summed E-state index contributed by atoms with van der Waals surface area (Å²) in [6.45, 7) is 5.14. The van der Waals surface area contributed by atoms with Gasteiger partial charge in [0.05, 0.1) is 12.6 Å². The lowest BCUT2D eigenvalue weighted by Crippen LogP contribution is -2.36. The van der Waals surface area contributed by atoms with E-state index in [-0.39, 0.29) is 12.6 Å². The SMILES string of the molecule is Cc1c(Cl)ncnc1N1CCC(C)C1CO. The largest absolute Gasteiger partial charge is 0.394 e. The van der Waals surface area contributed by atoms with E-state index in [1.165, 1.54) is 6.33 Å². The molecule has 0 saturated carbocycles. The van der Waals surface area contributed by atoms with Gasteiger partial charge in [-0.2, -0.15) is 0 Å². The highest BCUT2D eigenvalue weighted by molar-refractivity contribution is 6.30. The van der Waals surface area contributed by atoms with Crippen molar-refractivity contribution in [2.75, 3.05) is 18.1 Å². The fraction of sp³-hybridized carbons (Fsp3) is 0.636. The molecule has 0 aromatic carbocycles. The fourth-order valence-electron chi connectivity index (χ4n) is 2.26. The van der Waals surface area contributed by atoms with Crippen LogP contribution in [0.5, 0.6) is 0 Å². The molecule has 1 fully saturated rings. The van der Waals surface area contributed by atoms with E-state index in [4.69, 9.17) is 11.6 Å². The summed E-state index contributed by atoms with van der Waals surface area (Å²) in [5.74, 6) is 1.33. The van der Waals surface area contributed by atoms with Crippen molar-refractivity contribution >= 4 is 17.4 Å². The summed E-state index contributed by atoms with van der Waals surface area (Å²) in [7, 11) is 0. The number of aromatic nitrogens is 2. The number of hydrogen-bond acceptors (Lipinski definition) is 4. The van der Waals surface area contributed by atoms with Crippen LogP contribution in [0.25, 0.3) is 0 Å². The minimum atomic E-state index is 0.143. The molecule has 0 radical (unpaired) electrons. The monoisotopic (exact) mass is 241 g/mol. The third kappa shape index (κ3) is 1.87. The van der Waals surface area contributed by atoms with E-state index < -0.39 is 0 Å². The molecule has 1 aromatic heterocycles. The van der Waals surface area contributed by atoms with Crippen molar-refractivity contribution in [3.8, 4) is 0 Å². The van der Waals surface area contributed by atoms with Gasteiger partial charge < -0.3 is 10.0 Å². The molecule has 0 amide bonds. The summed E-state index contributed by atoms with van der Waals surface area (Å²) in [6, 6.07) is 0.143. The molecular weight excluding hydrogens is 226 g/mol. The zero-order valence-corrected chi connectivity index (χ0v) is 10.3. The molecule has 88 valence electrons. The summed E-state index contributed by atoms with van der Waals surface area (Å²) in [5.41, 5.74) is 0.886. The molecule has 0 bridgehead atoms. The first-order valence-corrected chi connectivity index (χ1v) is 5.87. The maximum absolute atomic E-state index is 9.41. The summed E-state index contributed by atoms with van der Waals surface area (Å²) < 4.78 is 0. The molecule has 1 aromatic rings. The van der Waals surface area contributed by atoms with Gasteiger partial charge in [0.15, 0.2) is 0 Å². The number of anilines is 1. The van der Waals surface area contributed by atoms with Crippen LogP contribution >= 0.6 is 11.6 Å². The maximum atomic E-state index is 9.41. The van der Waals surface area contributed by atoms with Gasteiger partial charge in [0.1, 0.15) is 17.3 Å². The quantitative estimate of drug-likeness (QED) is 0.800. The van der Waals surface area contributed by atoms with Gasteiger partial charge >= 0.3 is 0 Å². The van der Waals surface area contributed by atoms with E-state index in [0.717, 1.165) is 24.3 Å². The highest BCUT2D eigenvalue weighted by Gasteiger charge is 2.32. The second kappa shape index (κ2) is 4.55. The summed E-state index contributed by atoms with van der Waals surface area (Å²) >= 11 is 5.98. The minimum Gasteiger partial charge on any atom is -0.394 e. The van der Waals surface area contributed by atoms with E-state index in [1.54, 1.807) is 0 Å². The van der Waals surface area contributed by atoms with Crippen LogP contribution in [0.1, 0.15) is 18.9 Å². The Balaban J connectivity index is 2.34. The molecule has 1 N–H and O–H groups in total. The van der Waals surface area contributed by atoms with Gasteiger partial charge in [0.2, 0.25) is 0 Å². The number of hydrogen-bond donors (Lipinski definition) is 1. The molecule has 0 spiro atoms. The topological polar surface area (TPSA) is 49.2 Å². The van der Waals surface area contributed by atoms with Gasteiger partial charge in [-0.15, -0.1) is 0 Å². The van der Waals surface area contributed by atoms with E-state index in [2.05, 4.69) is 21.8 Å². The predicted molar refractivity (Wildman–Crippen MR) is 63.8 cm³/mol. The Morgan fingerprint density at radius 1 is 1.56 bits per heavy atom. The lowest BCUT2D eigenvalue weighted by Gasteiger charge is -2.27. The molecule has 16 heavy (non-hydrogen) atoms. The zero-order valence-electron chi connectivity index (χ0n) is 9.52. The second-order valence-electron chi connectivity index (χ2n) is 4.32. The molecule has 2 rings (SSSR count). The number of halogens is 1. The second-order valence-corrected chi connectivity index (χ2v) is 4.68. The van der Waals surface area contributed by atoms with Crippen LogP contribution in [0.4, 0.5) is 5.82 Å². The van der Waals surface area contributed by atoms with Crippen molar-refractivity contribution in [1.82, 2.24) is 9.97 Å². The predicted octanol–water partition coefficient (Wildman–Crippen LogP) is 1.65. The van der Waals surface area contributed by atoms with Crippen LogP contribution < -0.4 is 4.90 Å². The molecule has 1 saturated heterocycles. The normalized spacial score (nSPS) is 25.1. The van der Waals surface area contributed by atoms with Crippen molar-refractivity contribution in [3.63, 3.8) is 0 Å². The van der Waals surface area contributed by atoms with Crippen LogP contribution in [0.3, 0.4) is 0 Å². The van der Waals surface area contributed by atoms with Crippen molar-refractivity contribution in [2.45, 2.75) is 26.3 Å². The highest BCUT2D eigenvalue weighted by Crippen LogP contribution is 2.31. The Morgan fingerprint density at radius 3 is 3.00 bits per heavy atom. The average molecular weight is 242 g/mol. The molecule has 0 aliphatic carbocycles. The first-order valence-electron chi connectivity index (χ1n) is 5.49. The van der Waals surface area contributed by atoms with Gasteiger partial charge in [0, 0.05) is 12.1 Å². The first kappa shape index (κ1) is 11.6. The number of nitrogens with zero attached hydrogens (tertiary/aromatic N) is 3.